The molecule has 6 heteroatoms. The van der Waals surface area contributed by atoms with Crippen molar-refractivity contribution in [1.29, 1.82) is 0 Å². The summed E-state index contributed by atoms with van der Waals surface area (Å²) in [7, 11) is 0. The van der Waals surface area contributed by atoms with Crippen LogP contribution in [0.3, 0.4) is 0 Å². The van der Waals surface area contributed by atoms with Crippen molar-refractivity contribution in [1.82, 2.24) is 4.57 Å². The average molecular weight is 455 g/mol. The van der Waals surface area contributed by atoms with E-state index in [4.69, 9.17) is 0 Å². The number of anilines is 1. The molecule has 3 nitrogen and oxygen atoms in total. The van der Waals surface area contributed by atoms with Gasteiger partial charge < -0.3 is 9.88 Å². The first-order chi connectivity index (χ1) is 13.5. The van der Waals surface area contributed by atoms with Crippen LogP contribution >= 0.6 is 27.3 Å². The van der Waals surface area contributed by atoms with Gasteiger partial charge in [0.15, 0.2) is 0 Å². The summed E-state index contributed by atoms with van der Waals surface area (Å²) < 4.78 is 16.3. The lowest BCUT2D eigenvalue weighted by Crippen LogP contribution is -2.13. The van der Waals surface area contributed by atoms with E-state index in [0.717, 1.165) is 32.5 Å². The fourth-order valence-electron chi connectivity index (χ4n) is 3.00. The second kappa shape index (κ2) is 7.73. The minimum absolute atomic E-state index is 0.177. The van der Waals surface area contributed by atoms with Crippen LogP contribution in [-0.4, -0.2) is 10.5 Å². The highest BCUT2D eigenvalue weighted by Crippen LogP contribution is 2.35. The van der Waals surface area contributed by atoms with Gasteiger partial charge in [0.1, 0.15) is 10.7 Å². The van der Waals surface area contributed by atoms with Crippen LogP contribution in [0.2, 0.25) is 0 Å². The lowest BCUT2D eigenvalue weighted by atomic mass is 10.1. The van der Waals surface area contributed by atoms with E-state index < -0.39 is 0 Å². The molecular weight excluding hydrogens is 439 g/mol. The van der Waals surface area contributed by atoms with Gasteiger partial charge in [-0.25, -0.2) is 4.39 Å². The van der Waals surface area contributed by atoms with Crippen LogP contribution in [0.5, 0.6) is 0 Å². The molecule has 140 valence electrons. The number of halogens is 2. The summed E-state index contributed by atoms with van der Waals surface area (Å²) in [6, 6.07) is 15.8. The lowest BCUT2D eigenvalue weighted by molar-refractivity contribution is 0.103. The molecule has 4 aromatic rings. The van der Waals surface area contributed by atoms with E-state index in [2.05, 4.69) is 21.2 Å². The Bertz CT molecular complexity index is 1130. The number of carbonyl (C=O) groups excluding carboxylic acids is 1. The van der Waals surface area contributed by atoms with Crippen molar-refractivity contribution in [3.05, 3.63) is 93.1 Å². The summed E-state index contributed by atoms with van der Waals surface area (Å²) >= 11 is 4.84. The highest BCUT2D eigenvalue weighted by Gasteiger charge is 2.20. The van der Waals surface area contributed by atoms with Gasteiger partial charge in [0.2, 0.25) is 0 Å². The standard InChI is InChI=1S/C22H16BrFN2OS/c1-14-12-17(8-9-19(14)23)25-22(27)21-20(26-10-2-3-11-26)18(13-28-21)15-4-6-16(24)7-5-15/h2-13H,1H3,(H,25,27). The smallest absolute Gasteiger partial charge is 0.267 e. The first-order valence-corrected chi connectivity index (χ1v) is 10.3. The Kier molecular flexibility index (Phi) is 5.15. The Morgan fingerprint density at radius 1 is 1.11 bits per heavy atom. The van der Waals surface area contributed by atoms with Crippen LogP contribution in [0, 0.1) is 12.7 Å². The summed E-state index contributed by atoms with van der Waals surface area (Å²) in [5, 5.41) is 4.91. The van der Waals surface area contributed by atoms with Crippen LogP contribution in [0.4, 0.5) is 10.1 Å². The van der Waals surface area contributed by atoms with Gasteiger partial charge in [0.05, 0.1) is 5.69 Å². The molecular formula is C22H16BrFN2OS. The first-order valence-electron chi connectivity index (χ1n) is 8.61. The summed E-state index contributed by atoms with van der Waals surface area (Å²) in [5.74, 6) is -0.464. The summed E-state index contributed by atoms with van der Waals surface area (Å²) in [4.78, 5) is 13.6. The van der Waals surface area contributed by atoms with E-state index in [1.54, 1.807) is 12.1 Å². The van der Waals surface area contributed by atoms with Gasteiger partial charge in [-0.1, -0.05) is 28.1 Å². The van der Waals surface area contributed by atoms with E-state index in [0.29, 0.717) is 4.88 Å². The normalized spacial score (nSPS) is 10.8. The van der Waals surface area contributed by atoms with E-state index in [1.165, 1.54) is 23.5 Å². The maximum absolute atomic E-state index is 13.3. The predicted molar refractivity (Wildman–Crippen MR) is 116 cm³/mol. The molecule has 0 aliphatic carbocycles. The molecule has 2 aromatic carbocycles. The minimum atomic E-state index is -0.287. The molecule has 2 heterocycles. The van der Waals surface area contributed by atoms with Crippen LogP contribution < -0.4 is 5.32 Å². The van der Waals surface area contributed by atoms with Crippen molar-refractivity contribution in [2.75, 3.05) is 5.32 Å². The van der Waals surface area contributed by atoms with Crippen molar-refractivity contribution in [2.45, 2.75) is 6.92 Å². The highest BCUT2D eigenvalue weighted by atomic mass is 79.9. The molecule has 0 saturated heterocycles. The van der Waals surface area contributed by atoms with Gasteiger partial charge >= 0.3 is 0 Å². The number of nitrogens with zero attached hydrogens (tertiary/aromatic N) is 1. The number of thiophene rings is 1. The zero-order valence-electron chi connectivity index (χ0n) is 14.9. The third kappa shape index (κ3) is 3.66. The summed E-state index contributed by atoms with van der Waals surface area (Å²) in [6.07, 6.45) is 3.80. The molecule has 28 heavy (non-hydrogen) atoms. The fourth-order valence-corrected chi connectivity index (χ4v) is 4.21. The second-order valence-electron chi connectivity index (χ2n) is 6.34. The highest BCUT2D eigenvalue weighted by molar-refractivity contribution is 9.10. The molecule has 0 spiro atoms. The van der Waals surface area contributed by atoms with Crippen LogP contribution in [0.15, 0.2) is 76.8 Å². The third-order valence-corrected chi connectivity index (χ3v) is 6.26. The largest absolute Gasteiger partial charge is 0.322 e. The lowest BCUT2D eigenvalue weighted by Gasteiger charge is -2.11. The predicted octanol–water partition coefficient (Wildman–Crippen LogP) is 6.67. The summed E-state index contributed by atoms with van der Waals surface area (Å²) in [6.45, 7) is 1.97. The molecule has 1 N–H and O–H groups in total. The molecule has 0 fully saturated rings. The SMILES string of the molecule is Cc1cc(NC(=O)c2scc(-c3ccc(F)cc3)c2-n2cccc2)ccc1Br. The molecule has 1 amide bonds. The molecule has 0 atom stereocenters. The number of aryl methyl sites for hydroxylation is 1. The van der Waals surface area contributed by atoms with Crippen molar-refractivity contribution in [3.63, 3.8) is 0 Å². The van der Waals surface area contributed by atoms with Gasteiger partial charge in [0, 0.05) is 33.5 Å². The molecule has 0 bridgehead atoms. The van der Waals surface area contributed by atoms with Gasteiger partial charge in [-0.05, 0) is 60.5 Å². The molecule has 0 unspecified atom stereocenters. The molecule has 4 rings (SSSR count). The number of nitrogens with one attached hydrogen (secondary N) is 1. The van der Waals surface area contributed by atoms with E-state index in [1.807, 2.05) is 59.6 Å². The number of hydrogen-bond acceptors (Lipinski definition) is 2. The second-order valence-corrected chi connectivity index (χ2v) is 8.08. The number of amides is 1. The first kappa shape index (κ1) is 18.7. The minimum Gasteiger partial charge on any atom is -0.322 e. The molecule has 2 aromatic heterocycles. The monoisotopic (exact) mass is 454 g/mol. The maximum atomic E-state index is 13.3. The summed E-state index contributed by atoms with van der Waals surface area (Å²) in [5.41, 5.74) is 4.31. The molecule has 0 aliphatic heterocycles. The van der Waals surface area contributed by atoms with Crippen LogP contribution in [-0.2, 0) is 0 Å². The van der Waals surface area contributed by atoms with Crippen molar-refractivity contribution >= 4 is 38.9 Å². The van der Waals surface area contributed by atoms with Gasteiger partial charge in [-0.2, -0.15) is 0 Å². The third-order valence-electron chi connectivity index (χ3n) is 4.40. The van der Waals surface area contributed by atoms with Crippen LogP contribution in [0.25, 0.3) is 16.8 Å². The van der Waals surface area contributed by atoms with Crippen molar-refractivity contribution < 1.29 is 9.18 Å². The zero-order valence-corrected chi connectivity index (χ0v) is 17.4. The Morgan fingerprint density at radius 2 is 1.82 bits per heavy atom. The Labute approximate surface area is 174 Å². The number of benzene rings is 2. The van der Waals surface area contributed by atoms with E-state index >= 15 is 0 Å². The Balaban J connectivity index is 1.75. The maximum Gasteiger partial charge on any atom is 0.267 e. The topological polar surface area (TPSA) is 34.0 Å². The quantitative estimate of drug-likeness (QED) is 0.367. The van der Waals surface area contributed by atoms with Gasteiger partial charge in [-0.15, -0.1) is 11.3 Å². The number of carbonyl (C=O) groups is 1. The zero-order chi connectivity index (χ0) is 19.7. The Morgan fingerprint density at radius 3 is 2.50 bits per heavy atom. The van der Waals surface area contributed by atoms with Gasteiger partial charge in [-0.3, -0.25) is 4.79 Å². The van der Waals surface area contributed by atoms with E-state index in [-0.39, 0.29) is 11.7 Å². The molecule has 0 aliphatic rings. The number of aromatic nitrogens is 1. The van der Waals surface area contributed by atoms with E-state index in [9.17, 15) is 9.18 Å². The van der Waals surface area contributed by atoms with Gasteiger partial charge in [0.25, 0.3) is 5.91 Å². The Hall–Kier alpha value is -2.70. The molecule has 0 radical (unpaired) electrons. The molecule has 0 saturated carbocycles. The fraction of sp³-hybridized carbons (Fsp3) is 0.0455. The number of hydrogen-bond donors (Lipinski definition) is 1. The van der Waals surface area contributed by atoms with Crippen molar-refractivity contribution in [3.8, 4) is 16.8 Å². The number of rotatable bonds is 4. The average Bonchev–Trinajstić information content (AvgIpc) is 3.34. The van der Waals surface area contributed by atoms with Crippen molar-refractivity contribution in [2.24, 2.45) is 0 Å². The van der Waals surface area contributed by atoms with Crippen LogP contribution in [0.1, 0.15) is 15.2 Å².